The van der Waals surface area contributed by atoms with Gasteiger partial charge < -0.3 is 19.2 Å². The van der Waals surface area contributed by atoms with Crippen LogP contribution in [0.1, 0.15) is 34.9 Å². The number of Topliss-reactive ketones (excluding diaryl/α,β-unsaturated/α-hetero) is 1. The van der Waals surface area contributed by atoms with Gasteiger partial charge in [0, 0.05) is 4.88 Å². The summed E-state index contributed by atoms with van der Waals surface area (Å²) >= 11 is 1.50. The van der Waals surface area contributed by atoms with Gasteiger partial charge in [0.25, 0.3) is 11.7 Å². The van der Waals surface area contributed by atoms with Crippen molar-refractivity contribution in [3.63, 3.8) is 0 Å². The lowest BCUT2D eigenvalue weighted by Gasteiger charge is -2.23. The molecule has 0 saturated carbocycles. The average molecular weight is 423 g/mol. The van der Waals surface area contributed by atoms with E-state index in [2.05, 4.69) is 0 Å². The number of ketones is 1. The molecule has 0 radical (unpaired) electrons. The minimum Gasteiger partial charge on any atom is -0.507 e. The maximum Gasteiger partial charge on any atom is 0.296 e. The molecule has 1 aromatic carbocycles. The summed E-state index contributed by atoms with van der Waals surface area (Å²) in [6, 6.07) is 13.4. The normalized spacial score (nSPS) is 18.2. The molecule has 3 aromatic rings. The van der Waals surface area contributed by atoms with Gasteiger partial charge in [-0.15, -0.1) is 11.3 Å². The Morgan fingerprint density at radius 3 is 2.63 bits per heavy atom. The van der Waals surface area contributed by atoms with E-state index < -0.39 is 17.7 Å². The van der Waals surface area contributed by atoms with Gasteiger partial charge in [-0.1, -0.05) is 18.2 Å². The van der Waals surface area contributed by atoms with E-state index in [-0.39, 0.29) is 17.9 Å². The van der Waals surface area contributed by atoms with Crippen molar-refractivity contribution < 1.29 is 23.8 Å². The smallest absolute Gasteiger partial charge is 0.296 e. The van der Waals surface area contributed by atoms with E-state index in [9.17, 15) is 14.7 Å². The number of furan rings is 1. The minimum atomic E-state index is -0.824. The predicted octanol–water partition coefficient (Wildman–Crippen LogP) is 4.67. The highest BCUT2D eigenvalue weighted by Crippen LogP contribution is 2.42. The van der Waals surface area contributed by atoms with Gasteiger partial charge in [-0.3, -0.25) is 9.59 Å². The fourth-order valence-electron chi connectivity index (χ4n) is 3.60. The number of likely N-dealkylation sites (tertiary alicyclic amines) is 1. The molecule has 2 aromatic heterocycles. The molecular weight excluding hydrogens is 402 g/mol. The summed E-state index contributed by atoms with van der Waals surface area (Å²) in [6.07, 6.45) is 0. The molecule has 1 saturated heterocycles. The molecule has 1 N–H and O–H groups in total. The summed E-state index contributed by atoms with van der Waals surface area (Å²) < 4.78 is 11.4. The second-order valence-corrected chi connectivity index (χ2v) is 7.92. The summed E-state index contributed by atoms with van der Waals surface area (Å²) in [5.41, 5.74) is 0.361. The maximum absolute atomic E-state index is 13.0. The second kappa shape index (κ2) is 8.20. The molecule has 0 spiro atoms. The monoisotopic (exact) mass is 423 g/mol. The Kier molecular flexibility index (Phi) is 5.46. The molecule has 3 heterocycles. The summed E-state index contributed by atoms with van der Waals surface area (Å²) in [5, 5.41) is 13.1. The van der Waals surface area contributed by atoms with Crippen LogP contribution in [-0.4, -0.2) is 28.3 Å². The third-order valence-electron chi connectivity index (χ3n) is 4.92. The molecule has 1 amide bonds. The van der Waals surface area contributed by atoms with Gasteiger partial charge in [-0.25, -0.2) is 0 Å². The van der Waals surface area contributed by atoms with Gasteiger partial charge in [-0.2, -0.15) is 0 Å². The number of carbonyl (C=O) groups is 2. The van der Waals surface area contributed by atoms with Crippen LogP contribution in [0.4, 0.5) is 0 Å². The third-order valence-corrected chi connectivity index (χ3v) is 5.78. The van der Waals surface area contributed by atoms with Crippen LogP contribution in [0.25, 0.3) is 5.76 Å². The minimum absolute atomic E-state index is 0.00180. The van der Waals surface area contributed by atoms with Gasteiger partial charge in [0.2, 0.25) is 0 Å². The summed E-state index contributed by atoms with van der Waals surface area (Å²) in [7, 11) is 0. The summed E-state index contributed by atoms with van der Waals surface area (Å²) in [5.74, 6) is -0.158. The summed E-state index contributed by atoms with van der Waals surface area (Å²) in [4.78, 5) is 28.3. The van der Waals surface area contributed by atoms with Crippen LogP contribution in [0.2, 0.25) is 0 Å². The van der Waals surface area contributed by atoms with Crippen LogP contribution < -0.4 is 4.74 Å². The highest BCUT2D eigenvalue weighted by Gasteiger charge is 2.47. The number of aryl methyl sites for hydroxylation is 1. The van der Waals surface area contributed by atoms with Crippen molar-refractivity contribution in [2.45, 2.75) is 26.4 Å². The fraction of sp³-hybridized carbons (Fsp3) is 0.217. The topological polar surface area (TPSA) is 80.0 Å². The van der Waals surface area contributed by atoms with Crippen molar-refractivity contribution in [3.8, 4) is 5.75 Å². The molecule has 0 bridgehead atoms. The van der Waals surface area contributed by atoms with Gasteiger partial charge in [-0.05, 0) is 49.6 Å². The average Bonchev–Trinajstić information content (AvgIpc) is 3.46. The van der Waals surface area contributed by atoms with Crippen molar-refractivity contribution >= 4 is 28.8 Å². The maximum atomic E-state index is 13.0. The van der Waals surface area contributed by atoms with E-state index >= 15 is 0 Å². The van der Waals surface area contributed by atoms with Crippen LogP contribution >= 0.6 is 11.3 Å². The van der Waals surface area contributed by atoms with Crippen LogP contribution in [0.3, 0.4) is 0 Å². The lowest BCUT2D eigenvalue weighted by Crippen LogP contribution is -2.28. The lowest BCUT2D eigenvalue weighted by atomic mass is 9.99. The van der Waals surface area contributed by atoms with Crippen molar-refractivity contribution in [1.82, 2.24) is 4.90 Å². The van der Waals surface area contributed by atoms with E-state index in [0.717, 1.165) is 4.88 Å². The quantitative estimate of drug-likeness (QED) is 0.354. The van der Waals surface area contributed by atoms with E-state index in [1.807, 2.05) is 24.4 Å². The standard InChI is InChI=1S/C23H21NO5S/c1-3-28-17-9-5-4-8-16(17)21(25)19-20(18-11-10-14(2)29-18)24(23(27)22(19)26)13-15-7-6-12-30-15/h4-12,20,25H,3,13H2,1-2H3/t20-/m1/s1. The zero-order chi connectivity index (χ0) is 21.3. The van der Waals surface area contributed by atoms with Crippen molar-refractivity contribution in [2.75, 3.05) is 6.61 Å². The second-order valence-electron chi connectivity index (χ2n) is 6.88. The van der Waals surface area contributed by atoms with Gasteiger partial charge in [0.15, 0.2) is 0 Å². The number of benzene rings is 1. The van der Waals surface area contributed by atoms with Gasteiger partial charge in [0.1, 0.15) is 29.1 Å². The Labute approximate surface area is 178 Å². The number of thiophene rings is 1. The number of carbonyl (C=O) groups excluding carboxylic acids is 2. The largest absolute Gasteiger partial charge is 0.507 e. The molecule has 6 nitrogen and oxygen atoms in total. The Morgan fingerprint density at radius 1 is 1.17 bits per heavy atom. The number of hydrogen-bond donors (Lipinski definition) is 1. The van der Waals surface area contributed by atoms with E-state index in [4.69, 9.17) is 9.15 Å². The van der Waals surface area contributed by atoms with Gasteiger partial charge in [0.05, 0.1) is 24.3 Å². The first-order valence-electron chi connectivity index (χ1n) is 9.60. The van der Waals surface area contributed by atoms with Crippen molar-refractivity contribution in [1.29, 1.82) is 0 Å². The van der Waals surface area contributed by atoms with Crippen LogP contribution in [0, 0.1) is 6.92 Å². The summed E-state index contributed by atoms with van der Waals surface area (Å²) in [6.45, 7) is 4.27. The Bertz CT molecular complexity index is 1110. The number of para-hydroxylation sites is 1. The van der Waals surface area contributed by atoms with Crippen molar-refractivity contribution in [2.24, 2.45) is 0 Å². The highest BCUT2D eigenvalue weighted by molar-refractivity contribution is 7.09. The molecule has 154 valence electrons. The zero-order valence-electron chi connectivity index (χ0n) is 16.6. The van der Waals surface area contributed by atoms with Crippen LogP contribution in [0.5, 0.6) is 5.75 Å². The number of nitrogens with zero attached hydrogens (tertiary/aromatic N) is 1. The first kappa shape index (κ1) is 20.0. The molecule has 0 aliphatic carbocycles. The first-order chi connectivity index (χ1) is 14.5. The molecule has 1 aliphatic rings. The molecule has 4 rings (SSSR count). The Balaban J connectivity index is 1.87. The molecule has 1 aliphatic heterocycles. The molecule has 1 fully saturated rings. The first-order valence-corrected chi connectivity index (χ1v) is 10.5. The number of rotatable bonds is 6. The Morgan fingerprint density at radius 2 is 1.97 bits per heavy atom. The zero-order valence-corrected chi connectivity index (χ0v) is 17.4. The lowest BCUT2D eigenvalue weighted by molar-refractivity contribution is -0.140. The van der Waals surface area contributed by atoms with Crippen molar-refractivity contribution in [3.05, 3.63) is 81.4 Å². The molecular formula is C23H21NO5S. The number of hydrogen-bond acceptors (Lipinski definition) is 6. The predicted molar refractivity (Wildman–Crippen MR) is 113 cm³/mol. The van der Waals surface area contributed by atoms with Crippen LogP contribution in [-0.2, 0) is 16.1 Å². The molecule has 1 atom stereocenters. The van der Waals surface area contributed by atoms with E-state index in [0.29, 0.717) is 29.4 Å². The van der Waals surface area contributed by atoms with E-state index in [1.165, 1.54) is 16.2 Å². The number of aliphatic hydroxyl groups excluding tert-OH is 1. The highest BCUT2D eigenvalue weighted by atomic mass is 32.1. The van der Waals surface area contributed by atoms with Crippen LogP contribution in [0.15, 0.2) is 63.9 Å². The fourth-order valence-corrected chi connectivity index (χ4v) is 4.30. The molecule has 0 unspecified atom stereocenters. The molecule has 30 heavy (non-hydrogen) atoms. The Hall–Kier alpha value is -3.32. The van der Waals surface area contributed by atoms with Gasteiger partial charge >= 0.3 is 0 Å². The number of ether oxygens (including phenoxy) is 1. The molecule has 7 heteroatoms. The third kappa shape index (κ3) is 3.52. The van der Waals surface area contributed by atoms with E-state index in [1.54, 1.807) is 43.3 Å². The number of amides is 1. The number of aliphatic hydroxyl groups is 1. The SMILES string of the molecule is CCOc1ccccc1C(O)=C1C(=O)C(=O)N(Cc2cccs2)[C@@H]1c1ccc(C)o1.